The highest BCUT2D eigenvalue weighted by atomic mass is 79.9. The lowest BCUT2D eigenvalue weighted by molar-refractivity contribution is 0.275. The third kappa shape index (κ3) is 5.06. The molecule has 11 heteroatoms. The van der Waals surface area contributed by atoms with Crippen LogP contribution in [0, 0.1) is 5.92 Å². The molecule has 1 aliphatic rings. The fourth-order valence-electron chi connectivity index (χ4n) is 4.31. The van der Waals surface area contributed by atoms with Crippen LogP contribution in [0.25, 0.3) is 16.9 Å². The van der Waals surface area contributed by atoms with Crippen LogP contribution < -0.4 is 5.32 Å². The van der Waals surface area contributed by atoms with Gasteiger partial charge in [-0.2, -0.15) is 13.9 Å². The maximum atomic E-state index is 13.2. The first-order valence-corrected chi connectivity index (χ1v) is 14.1. The Labute approximate surface area is 222 Å². The van der Waals surface area contributed by atoms with E-state index in [0.29, 0.717) is 35.3 Å². The van der Waals surface area contributed by atoms with Crippen molar-refractivity contribution in [2.24, 2.45) is 5.92 Å². The Balaban J connectivity index is 1.38. The Bertz CT molecular complexity index is 1490. The summed E-state index contributed by atoms with van der Waals surface area (Å²) in [6.45, 7) is 1.50. The van der Waals surface area contributed by atoms with E-state index >= 15 is 0 Å². The average Bonchev–Trinajstić information content (AvgIpc) is 3.23. The van der Waals surface area contributed by atoms with Crippen molar-refractivity contribution in [2.75, 3.05) is 25.0 Å². The van der Waals surface area contributed by atoms with E-state index in [9.17, 15) is 8.42 Å². The lowest BCUT2D eigenvalue weighted by Crippen LogP contribution is -2.41. The molecule has 4 aromatic rings. The van der Waals surface area contributed by atoms with Gasteiger partial charge in [-0.25, -0.2) is 13.4 Å². The topological polar surface area (TPSA) is 79.6 Å². The molecule has 7 nitrogen and oxygen atoms in total. The molecule has 0 amide bonds. The predicted octanol–water partition coefficient (Wildman–Crippen LogP) is 5.98. The number of piperidine rings is 1. The number of hydrogen-bond donors (Lipinski definition) is 1. The minimum atomic E-state index is -3.61. The molecule has 1 N–H and O–H groups in total. The Kier molecular flexibility index (Phi) is 7.05. The molecule has 2 aromatic carbocycles. The van der Waals surface area contributed by atoms with Crippen LogP contribution in [0.1, 0.15) is 12.8 Å². The minimum absolute atomic E-state index is 0.128. The molecule has 1 fully saturated rings. The third-order valence-electron chi connectivity index (χ3n) is 6.07. The highest BCUT2D eigenvalue weighted by molar-refractivity contribution is 9.10. The van der Waals surface area contributed by atoms with Gasteiger partial charge in [0.25, 0.3) is 0 Å². The first-order valence-electron chi connectivity index (χ1n) is 11.1. The molecule has 1 atom stereocenters. The first-order chi connectivity index (χ1) is 16.8. The lowest BCUT2D eigenvalue weighted by Gasteiger charge is -2.32. The van der Waals surface area contributed by atoms with Crippen molar-refractivity contribution in [3.8, 4) is 11.3 Å². The van der Waals surface area contributed by atoms with Crippen LogP contribution in [0.2, 0.25) is 10.0 Å². The van der Waals surface area contributed by atoms with Crippen molar-refractivity contribution >= 4 is 60.6 Å². The molecular weight excluding hydrogens is 573 g/mol. The van der Waals surface area contributed by atoms with Gasteiger partial charge in [0.2, 0.25) is 10.0 Å². The molecule has 35 heavy (non-hydrogen) atoms. The Hall–Kier alpha value is -2.17. The largest absolute Gasteiger partial charge is 0.370 e. The van der Waals surface area contributed by atoms with Crippen LogP contribution in [-0.2, 0) is 10.0 Å². The molecule has 1 aliphatic heterocycles. The Morgan fingerprint density at radius 3 is 2.74 bits per heavy atom. The fourth-order valence-corrected chi connectivity index (χ4v) is 6.74. The van der Waals surface area contributed by atoms with E-state index in [4.69, 9.17) is 28.2 Å². The van der Waals surface area contributed by atoms with Crippen LogP contribution in [0.3, 0.4) is 0 Å². The fraction of sp³-hybridized carbons (Fsp3) is 0.250. The van der Waals surface area contributed by atoms with Crippen molar-refractivity contribution < 1.29 is 8.42 Å². The van der Waals surface area contributed by atoms with E-state index < -0.39 is 10.0 Å². The number of benzene rings is 2. The zero-order valence-corrected chi connectivity index (χ0v) is 22.4. The maximum absolute atomic E-state index is 13.2. The minimum Gasteiger partial charge on any atom is -0.370 e. The molecule has 0 bridgehead atoms. The van der Waals surface area contributed by atoms with Gasteiger partial charge in [-0.3, -0.25) is 0 Å². The van der Waals surface area contributed by atoms with E-state index in [0.717, 1.165) is 34.4 Å². The second kappa shape index (κ2) is 10.1. The normalized spacial score (nSPS) is 17.1. The highest BCUT2D eigenvalue weighted by Crippen LogP contribution is 2.31. The summed E-state index contributed by atoms with van der Waals surface area (Å²) in [5.41, 5.74) is 2.21. The summed E-state index contributed by atoms with van der Waals surface area (Å²) < 4.78 is 30.4. The first kappa shape index (κ1) is 24.5. The number of anilines is 1. The molecular formula is C24H22BrCl2N5O2S. The predicted molar refractivity (Wildman–Crippen MR) is 143 cm³/mol. The second-order valence-corrected chi connectivity index (χ2v) is 12.1. The van der Waals surface area contributed by atoms with Gasteiger partial charge in [-0.15, -0.1) is 0 Å². The zero-order chi connectivity index (χ0) is 24.6. The summed E-state index contributed by atoms with van der Waals surface area (Å²) in [7, 11) is -3.61. The lowest BCUT2D eigenvalue weighted by atomic mass is 10.00. The number of rotatable bonds is 6. The monoisotopic (exact) mass is 593 g/mol. The zero-order valence-electron chi connectivity index (χ0n) is 18.5. The summed E-state index contributed by atoms with van der Waals surface area (Å²) in [4.78, 5) is 4.96. The van der Waals surface area contributed by atoms with Crippen LogP contribution in [0.5, 0.6) is 0 Å². The third-order valence-corrected chi connectivity index (χ3v) is 9.05. The second-order valence-electron chi connectivity index (χ2n) is 8.44. The number of sulfonamides is 1. The van der Waals surface area contributed by atoms with E-state index in [1.54, 1.807) is 33.2 Å². The van der Waals surface area contributed by atoms with E-state index in [-0.39, 0.29) is 10.8 Å². The molecule has 0 radical (unpaired) electrons. The molecule has 0 aliphatic carbocycles. The number of halogens is 3. The van der Waals surface area contributed by atoms with Crippen molar-refractivity contribution in [1.82, 2.24) is 18.9 Å². The molecule has 1 saturated heterocycles. The smallest absolute Gasteiger partial charge is 0.243 e. The van der Waals surface area contributed by atoms with Crippen LogP contribution in [0.15, 0.2) is 70.2 Å². The van der Waals surface area contributed by atoms with Gasteiger partial charge in [0, 0.05) is 41.3 Å². The maximum Gasteiger partial charge on any atom is 0.243 e. The van der Waals surface area contributed by atoms with Crippen LogP contribution in [0.4, 0.5) is 5.82 Å². The summed E-state index contributed by atoms with van der Waals surface area (Å²) in [6, 6.07) is 15.9. The van der Waals surface area contributed by atoms with Crippen molar-refractivity contribution in [1.29, 1.82) is 0 Å². The van der Waals surface area contributed by atoms with Gasteiger partial charge in [0.05, 0.1) is 21.3 Å². The summed E-state index contributed by atoms with van der Waals surface area (Å²) >= 11 is 16.0. The number of fused-ring (bicyclic) bond motifs is 1. The number of nitrogens with one attached hydrogen (secondary N) is 1. The molecule has 2 aromatic heterocycles. The number of nitrogens with zero attached hydrogens (tertiary/aromatic N) is 4. The van der Waals surface area contributed by atoms with E-state index in [2.05, 4.69) is 26.3 Å². The van der Waals surface area contributed by atoms with Crippen molar-refractivity contribution in [2.45, 2.75) is 17.7 Å². The SMILES string of the molecule is O=S(=O)(c1cccc(Cl)c1)N1CCCC(CNc2cc(-c3ccccc3Cl)nc3c(Br)cnn23)C1. The molecule has 1 unspecified atom stereocenters. The van der Waals surface area contributed by atoms with Gasteiger partial charge in [0.15, 0.2) is 5.65 Å². The van der Waals surface area contributed by atoms with Crippen molar-refractivity contribution in [3.63, 3.8) is 0 Å². The van der Waals surface area contributed by atoms with Crippen LogP contribution in [-0.4, -0.2) is 47.0 Å². The van der Waals surface area contributed by atoms with Gasteiger partial charge >= 0.3 is 0 Å². The van der Waals surface area contributed by atoms with Gasteiger partial charge in [-0.1, -0.05) is 47.5 Å². The number of hydrogen-bond acceptors (Lipinski definition) is 5. The Morgan fingerprint density at radius 1 is 1.11 bits per heavy atom. The van der Waals surface area contributed by atoms with E-state index in [1.165, 1.54) is 6.07 Å². The van der Waals surface area contributed by atoms with Crippen LogP contribution >= 0.6 is 39.1 Å². The van der Waals surface area contributed by atoms with Gasteiger partial charge in [0.1, 0.15) is 5.82 Å². The molecule has 5 rings (SSSR count). The average molecular weight is 595 g/mol. The quantitative estimate of drug-likeness (QED) is 0.297. The van der Waals surface area contributed by atoms with E-state index in [1.807, 2.05) is 30.3 Å². The molecule has 182 valence electrons. The number of aromatic nitrogens is 3. The molecule has 3 heterocycles. The highest BCUT2D eigenvalue weighted by Gasteiger charge is 2.30. The summed E-state index contributed by atoms with van der Waals surface area (Å²) in [5, 5.41) is 8.93. The molecule has 0 spiro atoms. The summed E-state index contributed by atoms with van der Waals surface area (Å²) in [5.74, 6) is 0.883. The Morgan fingerprint density at radius 2 is 1.94 bits per heavy atom. The molecule has 0 saturated carbocycles. The standard InChI is InChI=1S/C24H22BrCl2N5O2S/c25-20-14-29-32-23(12-22(30-24(20)32)19-8-1-2-9-21(19)27)28-13-16-5-4-10-31(15-16)35(33,34)18-7-3-6-17(26)11-18/h1-3,6-9,11-12,14,16,28H,4-5,10,13,15H2. The van der Waals surface area contributed by atoms with Gasteiger partial charge < -0.3 is 5.32 Å². The van der Waals surface area contributed by atoms with Gasteiger partial charge in [-0.05, 0) is 59.0 Å². The van der Waals surface area contributed by atoms with Crippen molar-refractivity contribution in [3.05, 3.63) is 75.3 Å². The summed E-state index contributed by atoms with van der Waals surface area (Å²) in [6.07, 6.45) is 3.41.